The lowest BCUT2D eigenvalue weighted by Gasteiger charge is -2.42. The fraction of sp³-hybridized carbons (Fsp3) is 0.929. The zero-order chi connectivity index (χ0) is 13.3. The minimum atomic E-state index is -0.769. The summed E-state index contributed by atoms with van der Waals surface area (Å²) in [5.41, 5.74) is 5.46. The molecule has 2 fully saturated rings. The van der Waals surface area contributed by atoms with Gasteiger partial charge < -0.3 is 15.4 Å². The highest BCUT2D eigenvalue weighted by molar-refractivity contribution is 5.80. The third kappa shape index (κ3) is 2.69. The maximum Gasteiger partial charge on any atom is 0.325 e. The molecule has 0 amide bonds. The van der Waals surface area contributed by atoms with Crippen molar-refractivity contribution in [3.8, 4) is 0 Å². The van der Waals surface area contributed by atoms with Gasteiger partial charge in [0.2, 0.25) is 0 Å². The Hall–Kier alpha value is -0.610. The predicted octanol–water partition coefficient (Wildman–Crippen LogP) is 1.53. The summed E-state index contributed by atoms with van der Waals surface area (Å²) in [5.74, 6) is 0.599. The minimum Gasteiger partial charge on any atom is -0.468 e. The molecule has 4 nitrogen and oxygen atoms in total. The van der Waals surface area contributed by atoms with E-state index in [9.17, 15) is 4.79 Å². The maximum atomic E-state index is 11.8. The Morgan fingerprint density at radius 3 is 2.67 bits per heavy atom. The Kier molecular flexibility index (Phi) is 3.97. The van der Waals surface area contributed by atoms with Crippen LogP contribution in [0.2, 0.25) is 0 Å². The van der Waals surface area contributed by atoms with E-state index in [0.29, 0.717) is 12.1 Å². The van der Waals surface area contributed by atoms with Crippen LogP contribution in [0.3, 0.4) is 0 Å². The number of methoxy groups -OCH3 is 1. The van der Waals surface area contributed by atoms with E-state index in [1.165, 1.54) is 20.0 Å². The number of rotatable bonds is 4. The molecule has 0 spiro atoms. The summed E-state index contributed by atoms with van der Waals surface area (Å²) in [4.78, 5) is 14.2. The van der Waals surface area contributed by atoms with Gasteiger partial charge in [0.25, 0.3) is 0 Å². The van der Waals surface area contributed by atoms with Crippen LogP contribution >= 0.6 is 0 Å². The van der Waals surface area contributed by atoms with Crippen molar-refractivity contribution in [1.29, 1.82) is 0 Å². The van der Waals surface area contributed by atoms with E-state index in [1.807, 2.05) is 0 Å². The van der Waals surface area contributed by atoms with Crippen molar-refractivity contribution in [3.05, 3.63) is 0 Å². The van der Waals surface area contributed by atoms with Crippen LogP contribution in [0.15, 0.2) is 0 Å². The van der Waals surface area contributed by atoms with Gasteiger partial charge in [-0.1, -0.05) is 0 Å². The van der Waals surface area contributed by atoms with Crippen molar-refractivity contribution in [3.63, 3.8) is 0 Å². The molecule has 0 aromatic rings. The number of nitrogens with zero attached hydrogens (tertiary/aromatic N) is 1. The van der Waals surface area contributed by atoms with E-state index in [0.717, 1.165) is 31.6 Å². The number of carbonyl (C=O) groups is 1. The number of hydrogen-bond donors (Lipinski definition) is 1. The first kappa shape index (κ1) is 13.8. The Morgan fingerprint density at radius 1 is 1.44 bits per heavy atom. The molecule has 0 bridgehead atoms. The van der Waals surface area contributed by atoms with Crippen LogP contribution < -0.4 is 5.73 Å². The molecule has 2 N–H and O–H groups in total. The van der Waals surface area contributed by atoms with Crippen molar-refractivity contribution < 1.29 is 9.53 Å². The molecular formula is C14H26N2O2. The van der Waals surface area contributed by atoms with Gasteiger partial charge in [-0.05, 0) is 58.4 Å². The molecule has 0 saturated heterocycles. The Labute approximate surface area is 110 Å². The first-order chi connectivity index (χ1) is 8.48. The summed E-state index contributed by atoms with van der Waals surface area (Å²) in [7, 11) is 3.60. The highest BCUT2D eigenvalue weighted by Crippen LogP contribution is 2.38. The highest BCUT2D eigenvalue weighted by atomic mass is 16.5. The molecule has 2 rings (SSSR count). The third-order valence-corrected chi connectivity index (χ3v) is 4.87. The first-order valence-electron chi connectivity index (χ1n) is 7.07. The molecule has 2 aliphatic rings. The molecule has 2 aliphatic carbocycles. The number of hydrogen-bond acceptors (Lipinski definition) is 4. The Morgan fingerprint density at radius 2 is 2.11 bits per heavy atom. The molecular weight excluding hydrogens is 228 g/mol. The van der Waals surface area contributed by atoms with Gasteiger partial charge in [0, 0.05) is 12.1 Å². The fourth-order valence-electron chi connectivity index (χ4n) is 3.26. The molecule has 0 aromatic carbocycles. The van der Waals surface area contributed by atoms with Gasteiger partial charge in [0.05, 0.1) is 7.11 Å². The molecule has 18 heavy (non-hydrogen) atoms. The van der Waals surface area contributed by atoms with Crippen LogP contribution in [0, 0.1) is 5.92 Å². The molecule has 3 unspecified atom stereocenters. The monoisotopic (exact) mass is 254 g/mol. The minimum absolute atomic E-state index is 0.250. The zero-order valence-corrected chi connectivity index (χ0v) is 11.8. The molecule has 0 heterocycles. The number of ether oxygens (including phenoxy) is 1. The van der Waals surface area contributed by atoms with Crippen molar-refractivity contribution in [2.45, 2.75) is 63.1 Å². The summed E-state index contributed by atoms with van der Waals surface area (Å²) in [6.45, 7) is 2.29. The van der Waals surface area contributed by atoms with Crippen LogP contribution in [0.1, 0.15) is 45.4 Å². The molecule has 104 valence electrons. The van der Waals surface area contributed by atoms with Gasteiger partial charge in [-0.3, -0.25) is 4.79 Å². The van der Waals surface area contributed by atoms with Crippen molar-refractivity contribution in [2.75, 3.05) is 14.2 Å². The van der Waals surface area contributed by atoms with E-state index in [2.05, 4.69) is 18.9 Å². The molecule has 2 saturated carbocycles. The molecule has 0 aromatic heterocycles. The van der Waals surface area contributed by atoms with Crippen LogP contribution in [-0.2, 0) is 9.53 Å². The van der Waals surface area contributed by atoms with Crippen molar-refractivity contribution >= 4 is 5.97 Å². The average molecular weight is 254 g/mol. The Balaban J connectivity index is 1.99. The summed E-state index contributed by atoms with van der Waals surface area (Å²) in [6.07, 6.45) is 6.34. The molecule has 3 atom stereocenters. The van der Waals surface area contributed by atoms with Crippen LogP contribution in [0.25, 0.3) is 0 Å². The average Bonchev–Trinajstić information content (AvgIpc) is 3.20. The predicted molar refractivity (Wildman–Crippen MR) is 71.1 cm³/mol. The summed E-state index contributed by atoms with van der Waals surface area (Å²) >= 11 is 0. The largest absolute Gasteiger partial charge is 0.468 e. The highest BCUT2D eigenvalue weighted by Gasteiger charge is 2.43. The van der Waals surface area contributed by atoms with E-state index in [4.69, 9.17) is 10.5 Å². The quantitative estimate of drug-likeness (QED) is 0.773. The maximum absolute atomic E-state index is 11.8. The topological polar surface area (TPSA) is 55.6 Å². The van der Waals surface area contributed by atoms with E-state index < -0.39 is 5.54 Å². The smallest absolute Gasteiger partial charge is 0.325 e. The molecule has 0 aliphatic heterocycles. The summed E-state index contributed by atoms with van der Waals surface area (Å²) in [6, 6.07) is 1.02. The second kappa shape index (κ2) is 5.17. The van der Waals surface area contributed by atoms with Gasteiger partial charge in [0.1, 0.15) is 5.54 Å². The lowest BCUT2D eigenvalue weighted by atomic mass is 9.79. The van der Waals surface area contributed by atoms with E-state index in [-0.39, 0.29) is 5.97 Å². The number of carbonyl (C=O) groups excluding carboxylic acids is 1. The fourth-order valence-corrected chi connectivity index (χ4v) is 3.26. The number of nitrogens with two attached hydrogens (primary N) is 1. The molecule has 0 radical (unpaired) electrons. The third-order valence-electron chi connectivity index (χ3n) is 4.87. The van der Waals surface area contributed by atoms with E-state index >= 15 is 0 Å². The Bertz CT molecular complexity index is 317. The lowest BCUT2D eigenvalue weighted by Crippen LogP contribution is -2.56. The second-order valence-electron chi connectivity index (χ2n) is 6.14. The summed E-state index contributed by atoms with van der Waals surface area (Å²) in [5, 5.41) is 0. The summed E-state index contributed by atoms with van der Waals surface area (Å²) < 4.78 is 4.86. The van der Waals surface area contributed by atoms with Gasteiger partial charge in [-0.25, -0.2) is 0 Å². The van der Waals surface area contributed by atoms with Crippen LogP contribution in [-0.4, -0.2) is 42.6 Å². The standard InChI is InChI=1S/C14H26N2O2/c1-10(11-6-7-11)16(2)12-5-4-8-14(15,9-12)13(17)18-3/h10-12H,4-9,15H2,1-3H3. The van der Waals surface area contributed by atoms with Gasteiger partial charge in [0.15, 0.2) is 0 Å². The van der Waals surface area contributed by atoms with E-state index in [1.54, 1.807) is 0 Å². The normalized spacial score (nSPS) is 34.4. The zero-order valence-electron chi connectivity index (χ0n) is 11.8. The van der Waals surface area contributed by atoms with Gasteiger partial charge in [-0.2, -0.15) is 0 Å². The van der Waals surface area contributed by atoms with Crippen LogP contribution in [0.5, 0.6) is 0 Å². The first-order valence-corrected chi connectivity index (χ1v) is 7.07. The second-order valence-corrected chi connectivity index (χ2v) is 6.14. The SMILES string of the molecule is COC(=O)C1(N)CCCC(N(C)C(C)C2CC2)C1. The van der Waals surface area contributed by atoms with Crippen molar-refractivity contribution in [1.82, 2.24) is 4.90 Å². The van der Waals surface area contributed by atoms with Gasteiger partial charge >= 0.3 is 5.97 Å². The van der Waals surface area contributed by atoms with Crippen molar-refractivity contribution in [2.24, 2.45) is 11.7 Å². The van der Waals surface area contributed by atoms with Gasteiger partial charge in [-0.15, -0.1) is 0 Å². The molecule has 4 heteroatoms. The van der Waals surface area contributed by atoms with Crippen LogP contribution in [0.4, 0.5) is 0 Å². The lowest BCUT2D eigenvalue weighted by molar-refractivity contribution is -0.149. The number of esters is 1.